The predicted molar refractivity (Wildman–Crippen MR) is 66.8 cm³/mol. The number of carbonyl (C=O) groups excluding carboxylic acids is 1. The summed E-state index contributed by atoms with van der Waals surface area (Å²) in [6.07, 6.45) is 3.01. The highest BCUT2D eigenvalue weighted by Gasteiger charge is 2.20. The van der Waals surface area contributed by atoms with E-state index in [1.54, 1.807) is 11.0 Å². The number of rotatable bonds is 1. The van der Waals surface area contributed by atoms with E-state index in [1.807, 2.05) is 6.92 Å². The van der Waals surface area contributed by atoms with Crippen LogP contribution in [0.3, 0.4) is 0 Å². The Bertz CT molecular complexity index is 480. The summed E-state index contributed by atoms with van der Waals surface area (Å²) in [7, 11) is 0. The fraction of sp³-hybridized carbons (Fsp3) is 0.308. The number of nitrogen functional groups attached to an aromatic ring is 1. The van der Waals surface area contributed by atoms with Gasteiger partial charge in [0.15, 0.2) is 0 Å². The quantitative estimate of drug-likeness (QED) is 0.440. The number of hydrogen-bond acceptors (Lipinski definition) is 3. The van der Waals surface area contributed by atoms with Gasteiger partial charge in [0.05, 0.1) is 5.56 Å². The van der Waals surface area contributed by atoms with Gasteiger partial charge in [0, 0.05) is 18.8 Å². The van der Waals surface area contributed by atoms with Gasteiger partial charge in [-0.3, -0.25) is 4.79 Å². The lowest BCUT2D eigenvalue weighted by atomic mass is 10.1. The number of phenolic OH excluding ortho intramolecular Hbond substituents is 1. The van der Waals surface area contributed by atoms with E-state index < -0.39 is 0 Å². The highest BCUT2D eigenvalue weighted by molar-refractivity contribution is 5.99. The molecule has 1 heterocycles. The third kappa shape index (κ3) is 2.41. The molecule has 1 aliphatic heterocycles. The first-order valence-corrected chi connectivity index (χ1v) is 5.61. The number of hydrogen-bond donors (Lipinski definition) is 2. The average molecular weight is 232 g/mol. The van der Waals surface area contributed by atoms with Crippen LogP contribution in [0.1, 0.15) is 23.7 Å². The van der Waals surface area contributed by atoms with Gasteiger partial charge in [0.2, 0.25) is 0 Å². The summed E-state index contributed by atoms with van der Waals surface area (Å²) in [5.41, 5.74) is 7.72. The number of phenols is 1. The van der Waals surface area contributed by atoms with Crippen LogP contribution in [0.25, 0.3) is 0 Å². The predicted octanol–water partition coefficient (Wildman–Crippen LogP) is 1.77. The third-order valence-electron chi connectivity index (χ3n) is 2.89. The topological polar surface area (TPSA) is 66.6 Å². The zero-order valence-electron chi connectivity index (χ0n) is 9.81. The molecule has 1 aromatic rings. The molecule has 90 valence electrons. The maximum absolute atomic E-state index is 12.2. The molecular weight excluding hydrogens is 216 g/mol. The maximum atomic E-state index is 12.2. The van der Waals surface area contributed by atoms with Crippen LogP contribution in [0.2, 0.25) is 0 Å². The van der Waals surface area contributed by atoms with Gasteiger partial charge in [-0.05, 0) is 31.5 Å². The van der Waals surface area contributed by atoms with Crippen LogP contribution in [0.15, 0.2) is 29.8 Å². The van der Waals surface area contributed by atoms with Crippen LogP contribution in [0.4, 0.5) is 5.69 Å². The normalized spacial score (nSPS) is 15.6. The molecule has 0 saturated heterocycles. The molecule has 0 bridgehead atoms. The molecule has 4 heteroatoms. The monoisotopic (exact) mass is 232 g/mol. The van der Waals surface area contributed by atoms with E-state index in [0.29, 0.717) is 24.3 Å². The maximum Gasteiger partial charge on any atom is 0.256 e. The molecule has 0 unspecified atom stereocenters. The minimum atomic E-state index is -0.120. The lowest BCUT2D eigenvalue weighted by Crippen LogP contribution is -2.35. The molecule has 17 heavy (non-hydrogen) atoms. The Morgan fingerprint density at radius 1 is 1.47 bits per heavy atom. The lowest BCUT2D eigenvalue weighted by molar-refractivity contribution is 0.0766. The zero-order valence-corrected chi connectivity index (χ0v) is 9.81. The van der Waals surface area contributed by atoms with Crippen LogP contribution >= 0.6 is 0 Å². The molecule has 0 atom stereocenters. The van der Waals surface area contributed by atoms with Gasteiger partial charge in [-0.2, -0.15) is 0 Å². The molecule has 0 aromatic heterocycles. The van der Waals surface area contributed by atoms with Crippen LogP contribution < -0.4 is 5.73 Å². The standard InChI is InChI=1S/C13H16N2O2/c1-9-3-2-6-15(8-9)13(17)11-7-10(16)4-5-12(11)14/h3-5,7,16H,2,6,8,14H2,1H3. The number of anilines is 1. The van der Waals surface area contributed by atoms with E-state index in [1.165, 1.54) is 17.7 Å². The Hall–Kier alpha value is -1.97. The number of benzene rings is 1. The minimum absolute atomic E-state index is 0.0619. The molecule has 1 amide bonds. The Morgan fingerprint density at radius 2 is 2.24 bits per heavy atom. The lowest BCUT2D eigenvalue weighted by Gasteiger charge is -2.26. The Kier molecular flexibility index (Phi) is 3.04. The fourth-order valence-electron chi connectivity index (χ4n) is 1.98. The molecule has 4 nitrogen and oxygen atoms in total. The molecular formula is C13H16N2O2. The number of nitrogens with zero attached hydrogens (tertiary/aromatic N) is 1. The Labute approximate surface area is 100 Å². The zero-order chi connectivity index (χ0) is 12.4. The van der Waals surface area contributed by atoms with Crippen molar-refractivity contribution in [3.05, 3.63) is 35.4 Å². The first kappa shape index (κ1) is 11.5. The van der Waals surface area contributed by atoms with Crippen molar-refractivity contribution in [2.24, 2.45) is 0 Å². The molecule has 1 aliphatic rings. The van der Waals surface area contributed by atoms with E-state index in [0.717, 1.165) is 6.42 Å². The largest absolute Gasteiger partial charge is 0.508 e. The fourth-order valence-corrected chi connectivity index (χ4v) is 1.98. The van der Waals surface area contributed by atoms with Crippen molar-refractivity contribution < 1.29 is 9.90 Å². The van der Waals surface area contributed by atoms with Crippen molar-refractivity contribution in [3.8, 4) is 5.75 Å². The Morgan fingerprint density at radius 3 is 2.94 bits per heavy atom. The van der Waals surface area contributed by atoms with E-state index in [4.69, 9.17) is 5.73 Å². The summed E-state index contributed by atoms with van der Waals surface area (Å²) < 4.78 is 0. The van der Waals surface area contributed by atoms with E-state index >= 15 is 0 Å². The Balaban J connectivity index is 2.25. The minimum Gasteiger partial charge on any atom is -0.508 e. The molecule has 2 rings (SSSR count). The van der Waals surface area contributed by atoms with Crippen molar-refractivity contribution >= 4 is 11.6 Å². The summed E-state index contributed by atoms with van der Waals surface area (Å²) in [5.74, 6) is -0.0577. The SMILES string of the molecule is CC1=CCCN(C(=O)c2cc(O)ccc2N)C1. The summed E-state index contributed by atoms with van der Waals surface area (Å²) in [6.45, 7) is 3.34. The molecule has 0 radical (unpaired) electrons. The molecule has 0 saturated carbocycles. The van der Waals surface area contributed by atoms with E-state index in [-0.39, 0.29) is 11.7 Å². The molecule has 3 N–H and O–H groups in total. The molecule has 1 aromatic carbocycles. The first-order chi connectivity index (χ1) is 8.08. The van der Waals surface area contributed by atoms with Crippen LogP contribution in [-0.2, 0) is 0 Å². The highest BCUT2D eigenvalue weighted by Crippen LogP contribution is 2.21. The van der Waals surface area contributed by atoms with Crippen LogP contribution in [0, 0.1) is 0 Å². The van der Waals surface area contributed by atoms with Gasteiger partial charge in [0.25, 0.3) is 5.91 Å². The van der Waals surface area contributed by atoms with E-state index in [9.17, 15) is 9.90 Å². The van der Waals surface area contributed by atoms with Gasteiger partial charge in [0.1, 0.15) is 5.75 Å². The number of amides is 1. The number of aromatic hydroxyl groups is 1. The third-order valence-corrected chi connectivity index (χ3v) is 2.89. The second-order valence-electron chi connectivity index (χ2n) is 4.34. The average Bonchev–Trinajstić information content (AvgIpc) is 2.31. The van der Waals surface area contributed by atoms with Crippen LogP contribution in [0.5, 0.6) is 5.75 Å². The summed E-state index contributed by atoms with van der Waals surface area (Å²) in [4.78, 5) is 14.0. The molecule has 0 aliphatic carbocycles. The second-order valence-corrected chi connectivity index (χ2v) is 4.34. The van der Waals surface area contributed by atoms with Gasteiger partial charge < -0.3 is 15.7 Å². The second kappa shape index (κ2) is 4.49. The summed E-state index contributed by atoms with van der Waals surface area (Å²) in [6, 6.07) is 4.45. The summed E-state index contributed by atoms with van der Waals surface area (Å²) >= 11 is 0. The smallest absolute Gasteiger partial charge is 0.256 e. The van der Waals surface area contributed by atoms with Crippen molar-refractivity contribution in [2.75, 3.05) is 18.8 Å². The van der Waals surface area contributed by atoms with Crippen molar-refractivity contribution in [1.29, 1.82) is 0 Å². The summed E-state index contributed by atoms with van der Waals surface area (Å²) in [5, 5.41) is 9.40. The van der Waals surface area contributed by atoms with Crippen molar-refractivity contribution in [3.63, 3.8) is 0 Å². The van der Waals surface area contributed by atoms with Gasteiger partial charge in [-0.25, -0.2) is 0 Å². The van der Waals surface area contributed by atoms with E-state index in [2.05, 4.69) is 6.08 Å². The number of nitrogens with two attached hydrogens (primary N) is 1. The van der Waals surface area contributed by atoms with Crippen LogP contribution in [-0.4, -0.2) is 29.0 Å². The van der Waals surface area contributed by atoms with Crippen molar-refractivity contribution in [1.82, 2.24) is 4.90 Å². The first-order valence-electron chi connectivity index (χ1n) is 5.61. The molecule has 0 fully saturated rings. The molecule has 0 spiro atoms. The highest BCUT2D eigenvalue weighted by atomic mass is 16.3. The van der Waals surface area contributed by atoms with Gasteiger partial charge in [-0.1, -0.05) is 11.6 Å². The van der Waals surface area contributed by atoms with Crippen molar-refractivity contribution in [2.45, 2.75) is 13.3 Å². The van der Waals surface area contributed by atoms with Gasteiger partial charge >= 0.3 is 0 Å². The van der Waals surface area contributed by atoms with Gasteiger partial charge in [-0.15, -0.1) is 0 Å². The number of carbonyl (C=O) groups is 1.